The monoisotopic (exact) mass is 287 g/mol. The summed E-state index contributed by atoms with van der Waals surface area (Å²) >= 11 is 0. The Balaban J connectivity index is 2.13. The molecule has 2 nitrogen and oxygen atoms in total. The molecule has 0 saturated heterocycles. The molecule has 0 heterocycles. The molecule has 0 bridgehead atoms. The van der Waals surface area contributed by atoms with Crippen LogP contribution in [0.2, 0.25) is 0 Å². The lowest BCUT2D eigenvalue weighted by Gasteiger charge is -2.25. The molecule has 0 aromatic heterocycles. The first-order valence-electron chi connectivity index (χ1n) is 8.11. The highest BCUT2D eigenvalue weighted by Gasteiger charge is 2.40. The van der Waals surface area contributed by atoms with Crippen molar-refractivity contribution in [2.45, 2.75) is 59.4 Å². The number of rotatable bonds is 4. The van der Waals surface area contributed by atoms with Crippen LogP contribution in [0, 0.1) is 17.8 Å². The first-order valence-corrected chi connectivity index (χ1v) is 8.11. The molecule has 0 radical (unpaired) electrons. The lowest BCUT2D eigenvalue weighted by atomic mass is 9.85. The van der Waals surface area contributed by atoms with Crippen molar-refractivity contribution in [1.29, 1.82) is 0 Å². The van der Waals surface area contributed by atoms with E-state index >= 15 is 0 Å². The van der Waals surface area contributed by atoms with Crippen molar-refractivity contribution in [3.05, 3.63) is 35.4 Å². The van der Waals surface area contributed by atoms with Crippen molar-refractivity contribution < 1.29 is 4.79 Å². The Hall–Kier alpha value is -1.31. The van der Waals surface area contributed by atoms with Crippen LogP contribution in [0.1, 0.15) is 65.1 Å². The van der Waals surface area contributed by atoms with Gasteiger partial charge in [-0.1, -0.05) is 65.8 Å². The summed E-state index contributed by atoms with van der Waals surface area (Å²) in [5.74, 6) is 1.41. The van der Waals surface area contributed by atoms with E-state index in [9.17, 15) is 4.79 Å². The molecule has 0 spiro atoms. The zero-order valence-corrected chi connectivity index (χ0v) is 14.2. The van der Waals surface area contributed by atoms with Gasteiger partial charge in [-0.2, -0.15) is 0 Å². The Labute approximate surface area is 129 Å². The van der Waals surface area contributed by atoms with Crippen molar-refractivity contribution in [1.82, 2.24) is 5.32 Å². The van der Waals surface area contributed by atoms with E-state index in [1.165, 1.54) is 11.1 Å². The summed E-state index contributed by atoms with van der Waals surface area (Å²) in [5.41, 5.74) is 2.70. The van der Waals surface area contributed by atoms with Crippen molar-refractivity contribution in [3.63, 3.8) is 0 Å². The van der Waals surface area contributed by atoms with Gasteiger partial charge in [-0.15, -0.1) is 0 Å². The summed E-state index contributed by atoms with van der Waals surface area (Å²) in [6.45, 7) is 13.1. The Morgan fingerprint density at radius 1 is 1.19 bits per heavy atom. The molecule has 1 saturated carbocycles. The predicted octanol–water partition coefficient (Wildman–Crippen LogP) is 4.45. The van der Waals surface area contributed by atoms with Gasteiger partial charge in [0.2, 0.25) is 5.91 Å². The summed E-state index contributed by atoms with van der Waals surface area (Å²) in [6, 6.07) is 8.83. The minimum Gasteiger partial charge on any atom is -0.349 e. The molecule has 1 aromatic rings. The van der Waals surface area contributed by atoms with Crippen molar-refractivity contribution in [3.8, 4) is 0 Å². The van der Waals surface area contributed by atoms with Gasteiger partial charge in [-0.05, 0) is 34.8 Å². The van der Waals surface area contributed by atoms with E-state index in [1.807, 2.05) is 0 Å². The third-order valence-corrected chi connectivity index (χ3v) is 4.55. The molecule has 21 heavy (non-hydrogen) atoms. The minimum absolute atomic E-state index is 0.110. The first kappa shape index (κ1) is 16.1. The second-order valence-electron chi connectivity index (χ2n) is 7.92. The summed E-state index contributed by atoms with van der Waals surface area (Å²) < 4.78 is 0. The van der Waals surface area contributed by atoms with Gasteiger partial charge in [0.05, 0.1) is 6.04 Å². The zero-order valence-electron chi connectivity index (χ0n) is 14.2. The van der Waals surface area contributed by atoms with Crippen molar-refractivity contribution >= 4 is 5.91 Å². The van der Waals surface area contributed by atoms with Gasteiger partial charge in [0, 0.05) is 5.92 Å². The average molecular weight is 287 g/mol. The van der Waals surface area contributed by atoms with E-state index in [0.717, 1.165) is 6.42 Å². The van der Waals surface area contributed by atoms with Gasteiger partial charge < -0.3 is 5.32 Å². The Bertz CT molecular complexity index is 495. The summed E-state index contributed by atoms with van der Waals surface area (Å²) in [5, 5.41) is 3.24. The Kier molecular flexibility index (Phi) is 4.46. The normalized spacial score (nSPS) is 23.0. The van der Waals surface area contributed by atoms with Crippen LogP contribution in [0.5, 0.6) is 0 Å². The highest BCUT2D eigenvalue weighted by Crippen LogP contribution is 2.38. The van der Waals surface area contributed by atoms with E-state index in [2.05, 4.69) is 71.1 Å². The van der Waals surface area contributed by atoms with Crippen LogP contribution in [0.3, 0.4) is 0 Å². The van der Waals surface area contributed by atoms with E-state index in [0.29, 0.717) is 11.8 Å². The number of hydrogen-bond donors (Lipinski definition) is 1. The van der Waals surface area contributed by atoms with Crippen LogP contribution >= 0.6 is 0 Å². The van der Waals surface area contributed by atoms with Crippen LogP contribution in [0.25, 0.3) is 0 Å². The van der Waals surface area contributed by atoms with Gasteiger partial charge in [-0.25, -0.2) is 0 Å². The molecule has 1 aliphatic carbocycles. The molecule has 1 amide bonds. The van der Waals surface area contributed by atoms with Crippen LogP contribution < -0.4 is 5.32 Å². The standard InChI is InChI=1S/C19H29NO/c1-12(2)17(20-18(21)16-11-13(16)3)14-7-9-15(10-8-14)19(4,5)6/h7-10,12-13,16-17H,11H2,1-6H3,(H,20,21)/t13-,16+,17-/m0/s1. The zero-order chi connectivity index (χ0) is 15.8. The minimum atomic E-state index is 0.110. The molecule has 1 fully saturated rings. The van der Waals surface area contributed by atoms with Crippen molar-refractivity contribution in [2.75, 3.05) is 0 Å². The van der Waals surface area contributed by atoms with Crippen LogP contribution in [0.4, 0.5) is 0 Å². The lowest BCUT2D eigenvalue weighted by Crippen LogP contribution is -2.33. The molecule has 0 unspecified atom stereocenters. The van der Waals surface area contributed by atoms with E-state index < -0.39 is 0 Å². The first-order chi connectivity index (χ1) is 9.70. The Morgan fingerprint density at radius 3 is 2.10 bits per heavy atom. The maximum Gasteiger partial charge on any atom is 0.223 e. The van der Waals surface area contributed by atoms with Gasteiger partial charge in [0.25, 0.3) is 0 Å². The molecule has 2 heteroatoms. The topological polar surface area (TPSA) is 29.1 Å². The maximum absolute atomic E-state index is 12.2. The molecule has 1 N–H and O–H groups in total. The molecular weight excluding hydrogens is 258 g/mol. The summed E-state index contributed by atoms with van der Waals surface area (Å²) in [7, 11) is 0. The number of nitrogens with one attached hydrogen (secondary N) is 1. The highest BCUT2D eigenvalue weighted by molar-refractivity contribution is 5.81. The fourth-order valence-corrected chi connectivity index (χ4v) is 2.77. The highest BCUT2D eigenvalue weighted by atomic mass is 16.2. The van der Waals surface area contributed by atoms with Crippen molar-refractivity contribution in [2.24, 2.45) is 17.8 Å². The molecule has 3 atom stereocenters. The number of carbonyl (C=O) groups excluding carboxylic acids is 1. The largest absolute Gasteiger partial charge is 0.349 e. The number of hydrogen-bond acceptors (Lipinski definition) is 1. The Morgan fingerprint density at radius 2 is 1.71 bits per heavy atom. The summed E-state index contributed by atoms with van der Waals surface area (Å²) in [4.78, 5) is 12.2. The average Bonchev–Trinajstić information content (AvgIpc) is 3.12. The number of carbonyl (C=O) groups is 1. The van der Waals surface area contributed by atoms with Gasteiger partial charge >= 0.3 is 0 Å². The molecule has 1 aromatic carbocycles. The SMILES string of the molecule is CC(C)[C@H](NC(=O)[C@@H]1C[C@@H]1C)c1ccc(C(C)(C)C)cc1. The van der Waals surface area contributed by atoms with Gasteiger partial charge in [0.15, 0.2) is 0 Å². The van der Waals surface area contributed by atoms with Crippen LogP contribution in [-0.4, -0.2) is 5.91 Å². The van der Waals surface area contributed by atoms with Gasteiger partial charge in [-0.3, -0.25) is 4.79 Å². The molecule has 0 aliphatic heterocycles. The maximum atomic E-state index is 12.2. The predicted molar refractivity (Wildman–Crippen MR) is 88.1 cm³/mol. The van der Waals surface area contributed by atoms with Gasteiger partial charge in [0.1, 0.15) is 0 Å². The quantitative estimate of drug-likeness (QED) is 0.870. The molecule has 1 aliphatic rings. The van der Waals surface area contributed by atoms with E-state index in [1.54, 1.807) is 0 Å². The second-order valence-corrected chi connectivity index (χ2v) is 7.92. The van der Waals surface area contributed by atoms with Crippen LogP contribution in [-0.2, 0) is 10.2 Å². The smallest absolute Gasteiger partial charge is 0.223 e. The fourth-order valence-electron chi connectivity index (χ4n) is 2.77. The summed E-state index contributed by atoms with van der Waals surface area (Å²) in [6.07, 6.45) is 1.04. The third-order valence-electron chi connectivity index (χ3n) is 4.55. The molecule has 2 rings (SSSR count). The number of amides is 1. The molecule has 116 valence electrons. The molecular formula is C19H29NO. The number of benzene rings is 1. The fraction of sp³-hybridized carbons (Fsp3) is 0.632. The van der Waals surface area contributed by atoms with Crippen LogP contribution in [0.15, 0.2) is 24.3 Å². The van der Waals surface area contributed by atoms with E-state index in [4.69, 9.17) is 0 Å². The second kappa shape index (κ2) is 5.82. The van der Waals surface area contributed by atoms with E-state index in [-0.39, 0.29) is 23.3 Å². The third kappa shape index (κ3) is 3.87. The lowest BCUT2D eigenvalue weighted by molar-refractivity contribution is -0.123.